The van der Waals surface area contributed by atoms with E-state index in [1.54, 1.807) is 0 Å². The van der Waals surface area contributed by atoms with Gasteiger partial charge in [-0.25, -0.2) is 9.59 Å². The van der Waals surface area contributed by atoms with Gasteiger partial charge in [0.1, 0.15) is 0 Å². The summed E-state index contributed by atoms with van der Waals surface area (Å²) in [5.41, 5.74) is 5.37. The third-order valence-electron chi connectivity index (χ3n) is 6.25. The van der Waals surface area contributed by atoms with E-state index in [4.69, 9.17) is 9.47 Å². The lowest BCUT2D eigenvalue weighted by molar-refractivity contribution is 0.0488. The Morgan fingerprint density at radius 3 is 1.08 bits per heavy atom. The number of hydrogen-bond acceptors (Lipinski definition) is 4. The molecule has 0 saturated heterocycles. The Kier molecular flexibility index (Phi) is 11.2. The molecule has 0 atom stereocenters. The van der Waals surface area contributed by atoms with Gasteiger partial charge in [0.2, 0.25) is 0 Å². The largest absolute Gasteiger partial charge is 0.462 e. The molecule has 0 fully saturated rings. The highest BCUT2D eigenvalue weighted by molar-refractivity contribution is 5.90. The molecule has 0 aliphatic carbocycles. The summed E-state index contributed by atoms with van der Waals surface area (Å²) in [6.45, 7) is 5.27. The molecule has 0 spiro atoms. The second kappa shape index (κ2) is 14.9. The molecule has 0 amide bonds. The van der Waals surface area contributed by atoms with E-state index in [1.165, 1.54) is 25.7 Å². The van der Waals surface area contributed by atoms with Gasteiger partial charge in [0.15, 0.2) is 0 Å². The summed E-state index contributed by atoms with van der Waals surface area (Å²) < 4.78 is 10.7. The average molecular weight is 487 g/mol. The minimum absolute atomic E-state index is 0.266. The average Bonchev–Trinajstić information content (AvgIpc) is 2.93. The fourth-order valence-electron chi connectivity index (χ4n) is 4.01. The molecule has 4 nitrogen and oxygen atoms in total. The smallest absolute Gasteiger partial charge is 0.338 e. The lowest BCUT2D eigenvalue weighted by atomic mass is 9.99. The Labute approximate surface area is 215 Å². The van der Waals surface area contributed by atoms with Gasteiger partial charge in [-0.15, -0.1) is 0 Å². The molecule has 36 heavy (non-hydrogen) atoms. The predicted molar refractivity (Wildman–Crippen MR) is 146 cm³/mol. The summed E-state index contributed by atoms with van der Waals surface area (Å²) in [6.07, 6.45) is 8.68. The highest BCUT2D eigenvalue weighted by Crippen LogP contribution is 2.26. The van der Waals surface area contributed by atoms with Gasteiger partial charge in [-0.1, -0.05) is 101 Å². The van der Waals surface area contributed by atoms with Crippen LogP contribution < -0.4 is 0 Å². The number of unbranched alkanes of at least 4 members (excludes halogenated alkanes) is 6. The van der Waals surface area contributed by atoms with Crippen molar-refractivity contribution >= 4 is 11.9 Å². The summed E-state index contributed by atoms with van der Waals surface area (Å²) >= 11 is 0. The lowest BCUT2D eigenvalue weighted by Gasteiger charge is -2.08. The first-order valence-electron chi connectivity index (χ1n) is 13.3. The lowest BCUT2D eigenvalue weighted by Crippen LogP contribution is -2.06. The maximum atomic E-state index is 12.2. The molecule has 0 aromatic heterocycles. The third-order valence-corrected chi connectivity index (χ3v) is 6.25. The van der Waals surface area contributed by atoms with E-state index in [0.717, 1.165) is 47.9 Å². The zero-order valence-electron chi connectivity index (χ0n) is 21.6. The van der Waals surface area contributed by atoms with Crippen molar-refractivity contribution in [1.82, 2.24) is 0 Å². The van der Waals surface area contributed by atoms with Gasteiger partial charge in [-0.2, -0.15) is 0 Å². The van der Waals surface area contributed by atoms with Crippen molar-refractivity contribution in [2.24, 2.45) is 0 Å². The standard InChI is InChI=1S/C32H38O4/c1-3-5-7-9-23-35-31(33)29-19-15-27(16-20-29)25-11-13-26(14-12-25)28-17-21-30(22-18-28)32(34)36-24-10-8-6-4-2/h11-22H,3-10,23-24H2,1-2H3. The molecule has 3 aromatic carbocycles. The topological polar surface area (TPSA) is 52.6 Å². The van der Waals surface area contributed by atoms with Crippen LogP contribution in [-0.4, -0.2) is 25.2 Å². The van der Waals surface area contributed by atoms with Crippen molar-refractivity contribution in [3.05, 3.63) is 83.9 Å². The highest BCUT2D eigenvalue weighted by Gasteiger charge is 2.09. The molecule has 0 saturated carbocycles. The minimum atomic E-state index is -0.266. The van der Waals surface area contributed by atoms with E-state index >= 15 is 0 Å². The summed E-state index contributed by atoms with van der Waals surface area (Å²) in [5, 5.41) is 0. The van der Waals surface area contributed by atoms with Gasteiger partial charge in [0.25, 0.3) is 0 Å². The molecule has 4 heteroatoms. The van der Waals surface area contributed by atoms with Gasteiger partial charge in [0, 0.05) is 0 Å². The Morgan fingerprint density at radius 2 is 0.778 bits per heavy atom. The van der Waals surface area contributed by atoms with E-state index in [2.05, 4.69) is 38.1 Å². The van der Waals surface area contributed by atoms with Gasteiger partial charge >= 0.3 is 11.9 Å². The van der Waals surface area contributed by atoms with E-state index < -0.39 is 0 Å². The first-order valence-corrected chi connectivity index (χ1v) is 13.3. The first-order chi connectivity index (χ1) is 17.6. The number of carbonyl (C=O) groups excluding carboxylic acids is 2. The monoisotopic (exact) mass is 486 g/mol. The molecule has 0 heterocycles. The van der Waals surface area contributed by atoms with Gasteiger partial charge in [0.05, 0.1) is 24.3 Å². The summed E-state index contributed by atoms with van der Waals surface area (Å²) in [5.74, 6) is -0.533. The zero-order chi connectivity index (χ0) is 25.6. The van der Waals surface area contributed by atoms with Crippen LogP contribution in [0.5, 0.6) is 0 Å². The second-order valence-corrected chi connectivity index (χ2v) is 9.13. The van der Waals surface area contributed by atoms with E-state index in [-0.39, 0.29) is 11.9 Å². The second-order valence-electron chi connectivity index (χ2n) is 9.13. The van der Waals surface area contributed by atoms with Crippen molar-refractivity contribution in [1.29, 1.82) is 0 Å². The Bertz CT molecular complexity index is 978. The summed E-state index contributed by atoms with van der Waals surface area (Å²) in [7, 11) is 0. The molecule has 0 aliphatic heterocycles. The van der Waals surface area contributed by atoms with Crippen LogP contribution in [0.25, 0.3) is 22.3 Å². The van der Waals surface area contributed by atoms with Crippen LogP contribution in [0.3, 0.4) is 0 Å². The van der Waals surface area contributed by atoms with Crippen LogP contribution in [0.15, 0.2) is 72.8 Å². The number of benzene rings is 3. The Morgan fingerprint density at radius 1 is 0.472 bits per heavy atom. The first kappa shape index (κ1) is 27.2. The number of ether oxygens (including phenoxy) is 2. The van der Waals surface area contributed by atoms with Crippen molar-refractivity contribution in [3.8, 4) is 22.3 Å². The fraction of sp³-hybridized carbons (Fsp3) is 0.375. The van der Waals surface area contributed by atoms with Crippen molar-refractivity contribution in [2.45, 2.75) is 65.2 Å². The molecule has 0 radical (unpaired) electrons. The van der Waals surface area contributed by atoms with Crippen LogP contribution in [-0.2, 0) is 9.47 Å². The van der Waals surface area contributed by atoms with E-state index in [0.29, 0.717) is 24.3 Å². The molecule has 0 bridgehead atoms. The maximum Gasteiger partial charge on any atom is 0.338 e. The van der Waals surface area contributed by atoms with E-state index in [9.17, 15) is 9.59 Å². The van der Waals surface area contributed by atoms with Crippen LogP contribution >= 0.6 is 0 Å². The number of hydrogen-bond donors (Lipinski definition) is 0. The molecule has 3 aromatic rings. The van der Waals surface area contributed by atoms with Gasteiger partial charge in [-0.3, -0.25) is 0 Å². The van der Waals surface area contributed by atoms with Gasteiger partial charge in [-0.05, 0) is 59.4 Å². The molecule has 0 N–H and O–H groups in total. The predicted octanol–water partition coefficient (Wildman–Crippen LogP) is 8.49. The number of carbonyl (C=O) groups is 2. The van der Waals surface area contributed by atoms with Gasteiger partial charge < -0.3 is 9.47 Å². The molecule has 0 unspecified atom stereocenters. The molecular formula is C32H38O4. The maximum absolute atomic E-state index is 12.2. The zero-order valence-corrected chi connectivity index (χ0v) is 21.6. The quantitative estimate of drug-likeness (QED) is 0.169. The van der Waals surface area contributed by atoms with E-state index in [1.807, 2.05) is 48.5 Å². The van der Waals surface area contributed by atoms with Crippen LogP contribution in [0.1, 0.15) is 85.9 Å². The van der Waals surface area contributed by atoms with Crippen molar-refractivity contribution < 1.29 is 19.1 Å². The van der Waals surface area contributed by atoms with Crippen LogP contribution in [0.2, 0.25) is 0 Å². The highest BCUT2D eigenvalue weighted by atomic mass is 16.5. The minimum Gasteiger partial charge on any atom is -0.462 e. The number of rotatable bonds is 14. The van der Waals surface area contributed by atoms with Crippen molar-refractivity contribution in [3.63, 3.8) is 0 Å². The summed E-state index contributed by atoms with van der Waals surface area (Å²) in [4.78, 5) is 24.5. The number of esters is 2. The molecule has 0 aliphatic rings. The third kappa shape index (κ3) is 8.37. The molecule has 3 rings (SSSR count). The SMILES string of the molecule is CCCCCCOC(=O)c1ccc(-c2ccc(-c3ccc(C(=O)OCCCCCC)cc3)cc2)cc1. The fourth-order valence-corrected chi connectivity index (χ4v) is 4.01. The normalized spacial score (nSPS) is 10.7. The van der Waals surface area contributed by atoms with Crippen LogP contribution in [0, 0.1) is 0 Å². The summed E-state index contributed by atoms with van der Waals surface area (Å²) in [6, 6.07) is 23.3. The Balaban J connectivity index is 1.53. The Hall–Kier alpha value is -3.40. The van der Waals surface area contributed by atoms with Crippen LogP contribution in [0.4, 0.5) is 0 Å². The molecule has 190 valence electrons. The molecular weight excluding hydrogens is 448 g/mol. The van der Waals surface area contributed by atoms with Crippen molar-refractivity contribution in [2.75, 3.05) is 13.2 Å².